The summed E-state index contributed by atoms with van der Waals surface area (Å²) in [6.45, 7) is 5.02. The number of ether oxygens (including phenoxy) is 2. The first-order valence-corrected chi connectivity index (χ1v) is 7.24. The quantitative estimate of drug-likeness (QED) is 0.822. The summed E-state index contributed by atoms with van der Waals surface area (Å²) < 4.78 is 11.4. The number of amides is 1. The highest BCUT2D eigenvalue weighted by Gasteiger charge is 2.15. The van der Waals surface area contributed by atoms with Crippen molar-refractivity contribution in [1.29, 1.82) is 0 Å². The zero-order valence-electron chi connectivity index (χ0n) is 12.0. The zero-order valence-corrected chi connectivity index (χ0v) is 13.6. The molecule has 1 aromatic carbocycles. The van der Waals surface area contributed by atoms with E-state index in [0.717, 1.165) is 0 Å². The summed E-state index contributed by atoms with van der Waals surface area (Å²) in [4.78, 5) is 13.6. The molecule has 1 amide bonds. The first kappa shape index (κ1) is 16.8. The molecule has 0 bridgehead atoms. The lowest BCUT2D eigenvalue weighted by molar-refractivity contribution is -0.133. The average molecular weight is 346 g/mol. The van der Waals surface area contributed by atoms with Gasteiger partial charge >= 0.3 is 0 Å². The number of halogens is 1. The fourth-order valence-corrected chi connectivity index (χ4v) is 2.41. The lowest BCUT2D eigenvalue weighted by Crippen LogP contribution is -2.34. The molecule has 5 nitrogen and oxygen atoms in total. The van der Waals surface area contributed by atoms with Crippen LogP contribution in [0, 0.1) is 0 Å². The van der Waals surface area contributed by atoms with Crippen molar-refractivity contribution < 1.29 is 19.4 Å². The number of carbonyl (C=O) groups is 1. The third kappa shape index (κ3) is 4.11. The maximum atomic E-state index is 11.9. The van der Waals surface area contributed by atoms with Crippen LogP contribution in [-0.2, 0) is 11.4 Å². The second-order valence-corrected chi connectivity index (χ2v) is 4.98. The lowest BCUT2D eigenvalue weighted by atomic mass is 10.2. The van der Waals surface area contributed by atoms with Crippen molar-refractivity contribution >= 4 is 21.8 Å². The highest BCUT2D eigenvalue weighted by atomic mass is 79.9. The molecule has 112 valence electrons. The van der Waals surface area contributed by atoms with Crippen LogP contribution in [0.25, 0.3) is 0 Å². The number of aliphatic hydroxyl groups excluding tert-OH is 1. The van der Waals surface area contributed by atoms with Crippen molar-refractivity contribution in [3.63, 3.8) is 0 Å². The molecule has 0 aliphatic rings. The summed E-state index contributed by atoms with van der Waals surface area (Å²) >= 11 is 3.36. The Morgan fingerprint density at radius 2 is 2.00 bits per heavy atom. The van der Waals surface area contributed by atoms with E-state index < -0.39 is 0 Å². The first-order chi connectivity index (χ1) is 9.57. The van der Waals surface area contributed by atoms with E-state index in [-0.39, 0.29) is 19.1 Å². The van der Waals surface area contributed by atoms with E-state index >= 15 is 0 Å². The van der Waals surface area contributed by atoms with E-state index in [4.69, 9.17) is 14.6 Å². The minimum Gasteiger partial charge on any atom is -0.493 e. The number of hydrogen-bond donors (Lipinski definition) is 1. The van der Waals surface area contributed by atoms with E-state index in [1.54, 1.807) is 17.0 Å². The van der Waals surface area contributed by atoms with E-state index in [9.17, 15) is 4.79 Å². The first-order valence-electron chi connectivity index (χ1n) is 6.45. The molecule has 0 atom stereocenters. The second-order valence-electron chi connectivity index (χ2n) is 4.12. The smallest absolute Gasteiger partial charge is 0.260 e. The van der Waals surface area contributed by atoms with Crippen molar-refractivity contribution in [3.05, 3.63) is 22.2 Å². The Bertz CT molecular complexity index is 461. The molecule has 0 saturated heterocycles. The predicted molar refractivity (Wildman–Crippen MR) is 80.0 cm³/mol. The topological polar surface area (TPSA) is 59.0 Å². The summed E-state index contributed by atoms with van der Waals surface area (Å²) in [5, 5.41) is 9.15. The largest absolute Gasteiger partial charge is 0.493 e. The SMILES string of the molecule is CCN(CC)C(=O)COc1c(Br)cc(CO)cc1OC. The van der Waals surface area contributed by atoms with Crippen molar-refractivity contribution in [2.75, 3.05) is 26.8 Å². The van der Waals surface area contributed by atoms with Crippen LogP contribution in [0.1, 0.15) is 19.4 Å². The summed E-state index contributed by atoms with van der Waals surface area (Å²) in [5.74, 6) is 0.871. The molecule has 0 radical (unpaired) electrons. The van der Waals surface area contributed by atoms with Crippen LogP contribution < -0.4 is 9.47 Å². The molecule has 0 unspecified atom stereocenters. The molecular formula is C14H20BrNO4. The molecule has 20 heavy (non-hydrogen) atoms. The van der Waals surface area contributed by atoms with Gasteiger partial charge in [0, 0.05) is 13.1 Å². The second kappa shape index (κ2) is 8.11. The number of hydrogen-bond acceptors (Lipinski definition) is 4. The average Bonchev–Trinajstić information content (AvgIpc) is 2.46. The van der Waals surface area contributed by atoms with Gasteiger partial charge in [-0.15, -0.1) is 0 Å². The zero-order chi connectivity index (χ0) is 15.1. The van der Waals surface area contributed by atoms with Crippen LogP contribution in [0.15, 0.2) is 16.6 Å². The number of methoxy groups -OCH3 is 1. The highest BCUT2D eigenvalue weighted by Crippen LogP contribution is 2.36. The lowest BCUT2D eigenvalue weighted by Gasteiger charge is -2.20. The Morgan fingerprint density at radius 3 is 2.50 bits per heavy atom. The molecule has 0 spiro atoms. The molecule has 1 rings (SSSR count). The molecule has 0 aromatic heterocycles. The minimum absolute atomic E-state index is 0.0465. The Balaban J connectivity index is 2.84. The molecule has 0 heterocycles. The Kier molecular flexibility index (Phi) is 6.81. The standard InChI is InChI=1S/C14H20BrNO4/c1-4-16(5-2)13(18)9-20-14-11(15)6-10(8-17)7-12(14)19-3/h6-7,17H,4-5,8-9H2,1-3H3. The third-order valence-corrected chi connectivity index (χ3v) is 3.52. The van der Waals surface area contributed by atoms with Crippen molar-refractivity contribution in [1.82, 2.24) is 4.90 Å². The molecule has 0 fully saturated rings. The molecule has 1 N–H and O–H groups in total. The van der Waals surface area contributed by atoms with Crippen molar-refractivity contribution in [2.24, 2.45) is 0 Å². The number of benzene rings is 1. The van der Waals surface area contributed by atoms with Crippen LogP contribution in [0.2, 0.25) is 0 Å². The van der Waals surface area contributed by atoms with Gasteiger partial charge in [-0.1, -0.05) is 0 Å². The molecule has 0 saturated carbocycles. The fraction of sp³-hybridized carbons (Fsp3) is 0.500. The van der Waals surface area contributed by atoms with Crippen LogP contribution in [0.3, 0.4) is 0 Å². The third-order valence-electron chi connectivity index (χ3n) is 2.93. The minimum atomic E-state index is -0.0897. The van der Waals surface area contributed by atoms with Gasteiger partial charge in [0.15, 0.2) is 18.1 Å². The summed E-state index contributed by atoms with van der Waals surface area (Å²) in [6, 6.07) is 3.42. The Morgan fingerprint density at radius 1 is 1.35 bits per heavy atom. The fourth-order valence-electron chi connectivity index (χ4n) is 1.81. The van der Waals surface area contributed by atoms with Gasteiger partial charge in [-0.3, -0.25) is 4.79 Å². The van der Waals surface area contributed by atoms with E-state index in [2.05, 4.69) is 15.9 Å². The monoisotopic (exact) mass is 345 g/mol. The number of aliphatic hydroxyl groups is 1. The number of nitrogens with zero attached hydrogens (tertiary/aromatic N) is 1. The Labute approximate surface area is 127 Å². The van der Waals surface area contributed by atoms with E-state index in [1.165, 1.54) is 7.11 Å². The van der Waals surface area contributed by atoms with Gasteiger partial charge in [-0.25, -0.2) is 0 Å². The molecule has 1 aromatic rings. The van der Waals surface area contributed by atoms with Gasteiger partial charge in [-0.2, -0.15) is 0 Å². The van der Waals surface area contributed by atoms with Crippen molar-refractivity contribution in [3.8, 4) is 11.5 Å². The summed E-state index contributed by atoms with van der Waals surface area (Å²) in [5.41, 5.74) is 0.705. The van der Waals surface area contributed by atoms with Crippen LogP contribution in [-0.4, -0.2) is 42.7 Å². The maximum Gasteiger partial charge on any atom is 0.260 e. The summed E-state index contributed by atoms with van der Waals surface area (Å²) in [6.07, 6.45) is 0. The van der Waals surface area contributed by atoms with Gasteiger partial charge in [0.05, 0.1) is 18.2 Å². The van der Waals surface area contributed by atoms with E-state index in [1.807, 2.05) is 13.8 Å². The number of rotatable bonds is 7. The van der Waals surface area contributed by atoms with Crippen LogP contribution >= 0.6 is 15.9 Å². The van der Waals surface area contributed by atoms with Crippen LogP contribution in [0.5, 0.6) is 11.5 Å². The number of carbonyl (C=O) groups excluding carboxylic acids is 1. The molecule has 0 aliphatic carbocycles. The predicted octanol–water partition coefficient (Wildman–Crippen LogP) is 2.20. The summed E-state index contributed by atoms with van der Waals surface area (Å²) in [7, 11) is 1.52. The van der Waals surface area contributed by atoms with Gasteiger partial charge in [-0.05, 0) is 47.5 Å². The van der Waals surface area contributed by atoms with Crippen molar-refractivity contribution in [2.45, 2.75) is 20.5 Å². The highest BCUT2D eigenvalue weighted by molar-refractivity contribution is 9.10. The van der Waals surface area contributed by atoms with E-state index in [0.29, 0.717) is 34.6 Å². The van der Waals surface area contributed by atoms with Gasteiger partial charge in [0.25, 0.3) is 5.91 Å². The van der Waals surface area contributed by atoms with Crippen LogP contribution in [0.4, 0.5) is 0 Å². The van der Waals surface area contributed by atoms with Gasteiger partial charge < -0.3 is 19.5 Å². The molecule has 0 aliphatic heterocycles. The maximum absolute atomic E-state index is 11.9. The molecule has 6 heteroatoms. The number of likely N-dealkylation sites (N-methyl/N-ethyl adjacent to an activating group) is 1. The molecular weight excluding hydrogens is 326 g/mol. The normalized spacial score (nSPS) is 10.2. The van der Waals surface area contributed by atoms with Gasteiger partial charge in [0.1, 0.15) is 0 Å². The Hall–Kier alpha value is -1.27. The van der Waals surface area contributed by atoms with Gasteiger partial charge in [0.2, 0.25) is 0 Å².